The average molecular weight is 253 g/mol. The molecule has 1 rings (SSSR count). The summed E-state index contributed by atoms with van der Waals surface area (Å²) in [6.07, 6.45) is 5.08. The third kappa shape index (κ3) is 6.64. The van der Waals surface area contributed by atoms with Crippen molar-refractivity contribution in [2.75, 3.05) is 12.3 Å². The lowest BCUT2D eigenvalue weighted by Crippen LogP contribution is -2.19. The Bertz CT molecular complexity index is 298. The molecule has 1 aromatic heterocycles. The van der Waals surface area contributed by atoms with Crippen LogP contribution in [-0.2, 0) is 12.3 Å². The maximum Gasteiger partial charge on any atom is 0.138 e. The molecule has 0 aliphatic carbocycles. The normalized spacial score (nSPS) is 11.1. The van der Waals surface area contributed by atoms with Gasteiger partial charge in [-0.1, -0.05) is 20.8 Å². The van der Waals surface area contributed by atoms with Gasteiger partial charge in [-0.2, -0.15) is 11.8 Å². The largest absolute Gasteiger partial charge is 0.312 e. The van der Waals surface area contributed by atoms with Crippen LogP contribution in [0.3, 0.4) is 0 Å². The first-order valence-electron chi connectivity index (χ1n) is 6.30. The van der Waals surface area contributed by atoms with Gasteiger partial charge in [0.2, 0.25) is 0 Å². The first kappa shape index (κ1) is 14.5. The number of rotatable bonds is 8. The maximum atomic E-state index is 4.38. The summed E-state index contributed by atoms with van der Waals surface area (Å²) in [5.74, 6) is 3.73. The van der Waals surface area contributed by atoms with Crippen molar-refractivity contribution < 1.29 is 0 Å². The van der Waals surface area contributed by atoms with Gasteiger partial charge in [-0.25, -0.2) is 9.97 Å². The Morgan fingerprint density at radius 1 is 1.29 bits per heavy atom. The molecule has 0 fully saturated rings. The highest BCUT2D eigenvalue weighted by atomic mass is 32.2. The van der Waals surface area contributed by atoms with Crippen LogP contribution in [0.25, 0.3) is 0 Å². The monoisotopic (exact) mass is 253 g/mol. The van der Waals surface area contributed by atoms with Gasteiger partial charge in [-0.05, 0) is 24.6 Å². The third-order valence-corrected chi connectivity index (χ3v) is 3.38. The maximum absolute atomic E-state index is 4.38. The van der Waals surface area contributed by atoms with Crippen molar-refractivity contribution in [2.24, 2.45) is 5.92 Å². The summed E-state index contributed by atoms with van der Waals surface area (Å²) >= 11 is 1.89. The molecule has 4 heteroatoms. The van der Waals surface area contributed by atoms with Crippen LogP contribution in [0, 0.1) is 5.92 Å². The molecule has 3 nitrogen and oxygen atoms in total. The van der Waals surface area contributed by atoms with Crippen LogP contribution in [0.2, 0.25) is 0 Å². The van der Waals surface area contributed by atoms with Crippen LogP contribution in [0.5, 0.6) is 0 Å². The Hall–Kier alpha value is -0.610. The predicted octanol–water partition coefficient (Wildman–Crippen LogP) is 2.87. The summed E-state index contributed by atoms with van der Waals surface area (Å²) in [6, 6.07) is 0. The number of hydrogen-bond donors (Lipinski definition) is 1. The van der Waals surface area contributed by atoms with Crippen molar-refractivity contribution in [3.8, 4) is 0 Å². The van der Waals surface area contributed by atoms with E-state index in [1.165, 1.54) is 12.2 Å². The Labute approximate surface area is 109 Å². The lowest BCUT2D eigenvalue weighted by atomic mass is 10.2. The number of nitrogens with zero attached hydrogens (tertiary/aromatic N) is 2. The predicted molar refractivity (Wildman–Crippen MR) is 75.0 cm³/mol. The molecule has 1 heterocycles. The third-order valence-electron chi connectivity index (χ3n) is 2.22. The van der Waals surface area contributed by atoms with Gasteiger partial charge < -0.3 is 5.32 Å². The highest BCUT2D eigenvalue weighted by Crippen LogP contribution is 2.09. The van der Waals surface area contributed by atoms with Gasteiger partial charge in [0.1, 0.15) is 5.82 Å². The van der Waals surface area contributed by atoms with Crippen molar-refractivity contribution in [1.82, 2.24) is 15.3 Å². The zero-order valence-electron chi connectivity index (χ0n) is 11.1. The molecule has 0 aliphatic rings. The zero-order valence-corrected chi connectivity index (χ0v) is 11.9. The second-order valence-corrected chi connectivity index (χ2v) is 5.69. The molecule has 1 aromatic rings. The van der Waals surface area contributed by atoms with Crippen LogP contribution >= 0.6 is 11.8 Å². The number of thioether (sulfide) groups is 1. The van der Waals surface area contributed by atoms with E-state index in [-0.39, 0.29) is 0 Å². The minimum atomic E-state index is 0.681. The highest BCUT2D eigenvalue weighted by Gasteiger charge is 1.99. The summed E-state index contributed by atoms with van der Waals surface area (Å²) in [7, 11) is 0. The van der Waals surface area contributed by atoms with E-state index in [9.17, 15) is 0 Å². The summed E-state index contributed by atoms with van der Waals surface area (Å²) in [5.41, 5.74) is 1.16. The topological polar surface area (TPSA) is 37.8 Å². The van der Waals surface area contributed by atoms with E-state index in [0.29, 0.717) is 5.92 Å². The Kier molecular flexibility index (Phi) is 7.21. The molecule has 0 atom stereocenters. The molecule has 96 valence electrons. The molecular weight excluding hydrogens is 230 g/mol. The number of hydrogen-bond acceptors (Lipinski definition) is 4. The second kappa shape index (κ2) is 8.48. The fraction of sp³-hybridized carbons (Fsp3) is 0.692. The van der Waals surface area contributed by atoms with E-state index in [4.69, 9.17) is 0 Å². The Balaban J connectivity index is 2.29. The zero-order chi connectivity index (χ0) is 12.5. The van der Waals surface area contributed by atoms with E-state index >= 15 is 0 Å². The van der Waals surface area contributed by atoms with Gasteiger partial charge >= 0.3 is 0 Å². The lowest BCUT2D eigenvalue weighted by Gasteiger charge is -2.07. The molecule has 1 N–H and O–H groups in total. The van der Waals surface area contributed by atoms with Crippen molar-refractivity contribution >= 4 is 11.8 Å². The van der Waals surface area contributed by atoms with Gasteiger partial charge in [0.15, 0.2) is 0 Å². The molecule has 0 bridgehead atoms. The molecule has 0 unspecified atom stereocenters. The molecule has 0 radical (unpaired) electrons. The minimum absolute atomic E-state index is 0.681. The van der Waals surface area contributed by atoms with E-state index < -0.39 is 0 Å². The quantitative estimate of drug-likeness (QED) is 0.723. The molecule has 0 amide bonds. The van der Waals surface area contributed by atoms with Gasteiger partial charge in [-0.15, -0.1) is 0 Å². The van der Waals surface area contributed by atoms with E-state index in [2.05, 4.69) is 36.1 Å². The van der Waals surface area contributed by atoms with Crippen LogP contribution in [0.15, 0.2) is 12.4 Å². The summed E-state index contributed by atoms with van der Waals surface area (Å²) < 4.78 is 0. The van der Waals surface area contributed by atoms with Crippen molar-refractivity contribution in [2.45, 2.75) is 39.5 Å². The molecule has 0 saturated heterocycles. The van der Waals surface area contributed by atoms with Gasteiger partial charge in [0.25, 0.3) is 0 Å². The molecular formula is C13H23N3S. The van der Waals surface area contributed by atoms with E-state index in [1.54, 1.807) is 0 Å². The first-order chi connectivity index (χ1) is 8.22. The van der Waals surface area contributed by atoms with Crippen LogP contribution < -0.4 is 5.32 Å². The number of nitrogens with one attached hydrogen (secondary N) is 1. The van der Waals surface area contributed by atoms with Crippen molar-refractivity contribution in [3.05, 3.63) is 23.8 Å². The SMILES string of the molecule is CCCSCc1ncc(CNCC(C)C)cn1. The van der Waals surface area contributed by atoms with E-state index in [0.717, 1.165) is 30.2 Å². The van der Waals surface area contributed by atoms with Crippen LogP contribution in [0.1, 0.15) is 38.6 Å². The molecule has 0 aliphatic heterocycles. The lowest BCUT2D eigenvalue weighted by molar-refractivity contribution is 0.551. The minimum Gasteiger partial charge on any atom is -0.312 e. The second-order valence-electron chi connectivity index (χ2n) is 4.58. The van der Waals surface area contributed by atoms with Gasteiger partial charge in [-0.3, -0.25) is 0 Å². The standard InChI is InChI=1S/C13H23N3S/c1-4-5-17-10-13-15-8-12(9-16-13)7-14-6-11(2)3/h8-9,11,14H,4-7,10H2,1-3H3. The summed E-state index contributed by atoms with van der Waals surface area (Å²) in [5, 5.41) is 3.39. The first-order valence-corrected chi connectivity index (χ1v) is 7.46. The number of aromatic nitrogens is 2. The van der Waals surface area contributed by atoms with Crippen LogP contribution in [0.4, 0.5) is 0 Å². The summed E-state index contributed by atoms with van der Waals surface area (Å²) in [4.78, 5) is 8.75. The fourth-order valence-electron chi connectivity index (χ4n) is 1.36. The van der Waals surface area contributed by atoms with Crippen LogP contribution in [-0.4, -0.2) is 22.3 Å². The van der Waals surface area contributed by atoms with Crippen molar-refractivity contribution in [1.29, 1.82) is 0 Å². The van der Waals surface area contributed by atoms with Gasteiger partial charge in [0.05, 0.1) is 5.75 Å². The van der Waals surface area contributed by atoms with Gasteiger partial charge in [0, 0.05) is 24.5 Å². The summed E-state index contributed by atoms with van der Waals surface area (Å²) in [6.45, 7) is 8.50. The molecule has 0 saturated carbocycles. The van der Waals surface area contributed by atoms with E-state index in [1.807, 2.05) is 24.2 Å². The Morgan fingerprint density at radius 2 is 2.00 bits per heavy atom. The average Bonchev–Trinajstić information content (AvgIpc) is 2.31. The molecule has 17 heavy (non-hydrogen) atoms. The fourth-order valence-corrected chi connectivity index (χ4v) is 2.12. The smallest absolute Gasteiger partial charge is 0.138 e. The highest BCUT2D eigenvalue weighted by molar-refractivity contribution is 7.98. The Morgan fingerprint density at radius 3 is 2.59 bits per heavy atom. The van der Waals surface area contributed by atoms with Crippen molar-refractivity contribution in [3.63, 3.8) is 0 Å². The molecule has 0 spiro atoms. The molecule has 0 aromatic carbocycles.